The second-order valence-corrected chi connectivity index (χ2v) is 5.15. The average molecular weight is 267 g/mol. The van der Waals surface area contributed by atoms with Gasteiger partial charge in [0.05, 0.1) is 6.54 Å². The molecule has 0 radical (unpaired) electrons. The molecular formula is C13H15ClN2O2. The number of likely N-dealkylation sites (tertiary alicyclic amines) is 1. The van der Waals surface area contributed by atoms with Crippen molar-refractivity contribution in [3.8, 4) is 0 Å². The fourth-order valence-corrected chi connectivity index (χ4v) is 2.32. The topological polar surface area (TPSA) is 63.4 Å². The van der Waals surface area contributed by atoms with E-state index in [1.807, 2.05) is 6.92 Å². The fourth-order valence-electron chi connectivity index (χ4n) is 2.07. The molecule has 2 amide bonds. The Hall–Kier alpha value is -1.55. The first-order valence-electron chi connectivity index (χ1n) is 5.84. The molecule has 0 atom stereocenters. The molecule has 1 aliphatic heterocycles. The third kappa shape index (κ3) is 2.64. The minimum atomic E-state index is -0.133. The third-order valence-corrected chi connectivity index (χ3v) is 3.41. The van der Waals surface area contributed by atoms with Gasteiger partial charge in [0.2, 0.25) is 11.8 Å². The van der Waals surface area contributed by atoms with Crippen LogP contribution < -0.4 is 5.73 Å². The van der Waals surface area contributed by atoms with Gasteiger partial charge in [-0.2, -0.15) is 0 Å². The zero-order valence-electron chi connectivity index (χ0n) is 10.1. The zero-order valence-corrected chi connectivity index (χ0v) is 10.9. The van der Waals surface area contributed by atoms with Crippen molar-refractivity contribution in [1.82, 2.24) is 4.90 Å². The van der Waals surface area contributed by atoms with Crippen molar-refractivity contribution in [2.45, 2.75) is 26.3 Å². The molecular weight excluding hydrogens is 252 g/mol. The molecule has 1 fully saturated rings. The number of rotatable bonds is 2. The van der Waals surface area contributed by atoms with Gasteiger partial charge in [0, 0.05) is 23.6 Å². The number of imide groups is 1. The van der Waals surface area contributed by atoms with Crippen LogP contribution in [0.15, 0.2) is 18.2 Å². The van der Waals surface area contributed by atoms with Crippen LogP contribution in [0.25, 0.3) is 0 Å². The van der Waals surface area contributed by atoms with Crippen LogP contribution in [0.5, 0.6) is 0 Å². The van der Waals surface area contributed by atoms with Crippen molar-refractivity contribution in [3.05, 3.63) is 28.8 Å². The quantitative estimate of drug-likeness (QED) is 0.659. The lowest BCUT2D eigenvalue weighted by Gasteiger charge is -2.28. The van der Waals surface area contributed by atoms with Gasteiger partial charge in [-0.3, -0.25) is 14.5 Å². The van der Waals surface area contributed by atoms with Gasteiger partial charge < -0.3 is 5.73 Å². The fraction of sp³-hybridized carbons (Fsp3) is 0.385. The van der Waals surface area contributed by atoms with E-state index in [0.29, 0.717) is 23.6 Å². The molecule has 1 aromatic carbocycles. The van der Waals surface area contributed by atoms with E-state index in [2.05, 4.69) is 0 Å². The predicted molar refractivity (Wildman–Crippen MR) is 69.8 cm³/mol. The van der Waals surface area contributed by atoms with Gasteiger partial charge in [-0.05, 0) is 23.6 Å². The molecule has 1 saturated heterocycles. The van der Waals surface area contributed by atoms with E-state index in [9.17, 15) is 9.59 Å². The van der Waals surface area contributed by atoms with Gasteiger partial charge >= 0.3 is 0 Å². The lowest BCUT2D eigenvalue weighted by atomic mass is 9.97. The van der Waals surface area contributed by atoms with Crippen molar-refractivity contribution in [1.29, 1.82) is 0 Å². The molecule has 1 aromatic rings. The first-order chi connectivity index (χ1) is 8.47. The molecule has 0 aromatic heterocycles. The largest absolute Gasteiger partial charge is 0.399 e. The van der Waals surface area contributed by atoms with Crippen LogP contribution >= 0.6 is 11.6 Å². The Morgan fingerprint density at radius 3 is 2.50 bits per heavy atom. The minimum absolute atomic E-state index is 0.128. The number of piperidine rings is 1. The maximum Gasteiger partial charge on any atom is 0.229 e. The Balaban J connectivity index is 2.18. The number of nitrogen functional groups attached to an aromatic ring is 1. The molecule has 0 unspecified atom stereocenters. The summed E-state index contributed by atoms with van der Waals surface area (Å²) in [4.78, 5) is 24.9. The normalized spacial score (nSPS) is 17.3. The number of anilines is 1. The summed E-state index contributed by atoms with van der Waals surface area (Å²) >= 11 is 6.04. The number of hydrogen-bond donors (Lipinski definition) is 1. The number of nitrogens with zero attached hydrogens (tertiary/aromatic N) is 1. The van der Waals surface area contributed by atoms with Gasteiger partial charge in [0.1, 0.15) is 0 Å². The molecule has 96 valence electrons. The van der Waals surface area contributed by atoms with E-state index in [1.165, 1.54) is 4.90 Å². The Bertz CT molecular complexity index is 484. The first-order valence-corrected chi connectivity index (χ1v) is 6.22. The van der Waals surface area contributed by atoms with Crippen LogP contribution in [0.4, 0.5) is 5.69 Å². The van der Waals surface area contributed by atoms with Gasteiger partial charge in [-0.1, -0.05) is 24.6 Å². The lowest BCUT2D eigenvalue weighted by Crippen LogP contribution is -2.42. The van der Waals surface area contributed by atoms with E-state index >= 15 is 0 Å². The highest BCUT2D eigenvalue weighted by Gasteiger charge is 2.30. The SMILES string of the molecule is CC1CC(=O)N(Cc2ccc(N)cc2Cl)C(=O)C1. The van der Waals surface area contributed by atoms with Gasteiger partial charge in [0.25, 0.3) is 0 Å². The van der Waals surface area contributed by atoms with Crippen molar-refractivity contribution in [2.24, 2.45) is 5.92 Å². The van der Waals surface area contributed by atoms with Crippen molar-refractivity contribution in [3.63, 3.8) is 0 Å². The summed E-state index contributed by atoms with van der Waals surface area (Å²) in [6.45, 7) is 2.13. The van der Waals surface area contributed by atoms with Crippen molar-refractivity contribution >= 4 is 29.1 Å². The molecule has 0 saturated carbocycles. The highest BCUT2D eigenvalue weighted by molar-refractivity contribution is 6.31. The number of benzene rings is 1. The third-order valence-electron chi connectivity index (χ3n) is 3.05. The van der Waals surface area contributed by atoms with E-state index in [4.69, 9.17) is 17.3 Å². The number of nitrogens with two attached hydrogens (primary N) is 1. The first kappa shape index (κ1) is 12.9. The number of amides is 2. The van der Waals surface area contributed by atoms with Crippen LogP contribution in [-0.2, 0) is 16.1 Å². The Morgan fingerprint density at radius 2 is 1.94 bits per heavy atom. The number of halogens is 1. The van der Waals surface area contributed by atoms with E-state index in [1.54, 1.807) is 18.2 Å². The van der Waals surface area contributed by atoms with Crippen LogP contribution in [0.3, 0.4) is 0 Å². The van der Waals surface area contributed by atoms with Crippen LogP contribution in [0.2, 0.25) is 5.02 Å². The maximum atomic E-state index is 11.8. The number of hydrogen-bond acceptors (Lipinski definition) is 3. The Morgan fingerprint density at radius 1 is 1.33 bits per heavy atom. The molecule has 0 spiro atoms. The summed E-state index contributed by atoms with van der Waals surface area (Å²) in [7, 11) is 0. The smallest absolute Gasteiger partial charge is 0.229 e. The van der Waals surface area contributed by atoms with Gasteiger partial charge in [-0.15, -0.1) is 0 Å². The predicted octanol–water partition coefficient (Wildman–Crippen LogP) is 2.21. The standard InChI is InChI=1S/C13H15ClN2O2/c1-8-4-12(17)16(13(18)5-8)7-9-2-3-10(15)6-11(9)14/h2-3,6,8H,4-5,7,15H2,1H3. The Labute approximate surface area is 111 Å². The molecule has 1 aliphatic rings. The van der Waals surface area contributed by atoms with Crippen molar-refractivity contribution < 1.29 is 9.59 Å². The van der Waals surface area contributed by atoms with Crippen molar-refractivity contribution in [2.75, 3.05) is 5.73 Å². The number of carbonyl (C=O) groups excluding carboxylic acids is 2. The van der Waals surface area contributed by atoms with Crippen LogP contribution in [0, 0.1) is 5.92 Å². The van der Waals surface area contributed by atoms with E-state index < -0.39 is 0 Å². The monoisotopic (exact) mass is 266 g/mol. The minimum Gasteiger partial charge on any atom is -0.399 e. The zero-order chi connectivity index (χ0) is 13.3. The summed E-state index contributed by atoms with van der Waals surface area (Å²) in [6.07, 6.45) is 0.830. The summed E-state index contributed by atoms with van der Waals surface area (Å²) in [5.74, 6) is -0.138. The lowest BCUT2D eigenvalue weighted by molar-refractivity contribution is -0.150. The molecule has 18 heavy (non-hydrogen) atoms. The summed E-state index contributed by atoms with van der Waals surface area (Å²) < 4.78 is 0. The Kier molecular flexibility index (Phi) is 3.57. The molecule has 5 heteroatoms. The molecule has 1 heterocycles. The van der Waals surface area contributed by atoms with E-state index in [-0.39, 0.29) is 24.3 Å². The average Bonchev–Trinajstić information content (AvgIpc) is 2.25. The molecule has 2 rings (SSSR count). The second-order valence-electron chi connectivity index (χ2n) is 4.74. The molecule has 2 N–H and O–H groups in total. The summed E-state index contributed by atoms with van der Waals surface area (Å²) in [5.41, 5.74) is 6.90. The molecule has 0 bridgehead atoms. The van der Waals surface area contributed by atoms with Gasteiger partial charge in [0.15, 0.2) is 0 Å². The summed E-state index contributed by atoms with van der Waals surface area (Å²) in [5, 5.41) is 0.481. The summed E-state index contributed by atoms with van der Waals surface area (Å²) in [6, 6.07) is 5.08. The number of carbonyl (C=O) groups is 2. The maximum absolute atomic E-state index is 11.8. The molecule has 4 nitrogen and oxygen atoms in total. The highest BCUT2D eigenvalue weighted by Crippen LogP contribution is 2.25. The highest BCUT2D eigenvalue weighted by atomic mass is 35.5. The second kappa shape index (κ2) is 4.98. The van der Waals surface area contributed by atoms with Crippen LogP contribution in [0.1, 0.15) is 25.3 Å². The van der Waals surface area contributed by atoms with Gasteiger partial charge in [-0.25, -0.2) is 0 Å². The van der Waals surface area contributed by atoms with Crippen LogP contribution in [-0.4, -0.2) is 16.7 Å². The molecule has 0 aliphatic carbocycles. The van der Waals surface area contributed by atoms with E-state index in [0.717, 1.165) is 5.56 Å².